The average molecular weight is 243 g/mol. The molecule has 1 aromatic rings. The van der Waals surface area contributed by atoms with Crippen LogP contribution < -0.4 is 5.32 Å². The van der Waals surface area contributed by atoms with E-state index in [0.29, 0.717) is 0 Å². The Labute approximate surface area is 109 Å². The first kappa shape index (κ1) is 12.9. The highest BCUT2D eigenvalue weighted by Crippen LogP contribution is 2.21. The molecule has 0 fully saturated rings. The van der Waals surface area contributed by atoms with Crippen molar-refractivity contribution in [2.75, 3.05) is 0 Å². The van der Waals surface area contributed by atoms with Gasteiger partial charge in [0, 0.05) is 5.92 Å². The Bertz CT molecular complexity index is 450. The molecule has 0 spiro atoms. The summed E-state index contributed by atoms with van der Waals surface area (Å²) in [6.07, 6.45) is 7.16. The quantitative estimate of drug-likeness (QED) is 0.808. The van der Waals surface area contributed by atoms with Crippen LogP contribution in [0.5, 0.6) is 0 Å². The highest BCUT2D eigenvalue weighted by Gasteiger charge is 2.20. The molecule has 2 atom stereocenters. The van der Waals surface area contributed by atoms with Gasteiger partial charge in [-0.25, -0.2) is 0 Å². The fourth-order valence-electron chi connectivity index (χ4n) is 2.51. The molecule has 0 saturated carbocycles. The van der Waals surface area contributed by atoms with E-state index < -0.39 is 0 Å². The minimum Gasteiger partial charge on any atom is -0.349 e. The van der Waals surface area contributed by atoms with Crippen molar-refractivity contribution in [1.29, 1.82) is 0 Å². The van der Waals surface area contributed by atoms with Crippen molar-refractivity contribution < 1.29 is 4.79 Å². The third-order valence-electron chi connectivity index (χ3n) is 3.65. The van der Waals surface area contributed by atoms with Gasteiger partial charge in [-0.05, 0) is 44.2 Å². The third kappa shape index (κ3) is 3.00. The van der Waals surface area contributed by atoms with Crippen molar-refractivity contribution >= 4 is 5.91 Å². The van der Waals surface area contributed by atoms with Crippen LogP contribution in [0.15, 0.2) is 36.4 Å². The Morgan fingerprint density at radius 3 is 2.78 bits per heavy atom. The molecule has 2 nitrogen and oxygen atoms in total. The summed E-state index contributed by atoms with van der Waals surface area (Å²) < 4.78 is 0. The summed E-state index contributed by atoms with van der Waals surface area (Å²) in [6, 6.07) is 8.31. The van der Waals surface area contributed by atoms with Gasteiger partial charge < -0.3 is 5.32 Å². The highest BCUT2D eigenvalue weighted by atomic mass is 16.1. The van der Waals surface area contributed by atoms with Gasteiger partial charge >= 0.3 is 0 Å². The monoisotopic (exact) mass is 243 g/mol. The number of nitrogens with one attached hydrogen (secondary N) is 1. The van der Waals surface area contributed by atoms with Crippen LogP contribution >= 0.6 is 0 Å². The summed E-state index contributed by atoms with van der Waals surface area (Å²) in [6.45, 7) is 4.14. The molecule has 1 N–H and O–H groups in total. The fourth-order valence-corrected chi connectivity index (χ4v) is 2.51. The number of hydrogen-bond donors (Lipinski definition) is 1. The number of amides is 1. The number of rotatable bonds is 3. The van der Waals surface area contributed by atoms with Crippen LogP contribution in [-0.2, 0) is 4.79 Å². The molecule has 18 heavy (non-hydrogen) atoms. The number of hydrogen-bond acceptors (Lipinski definition) is 1. The molecule has 2 heteroatoms. The van der Waals surface area contributed by atoms with E-state index in [9.17, 15) is 4.79 Å². The molecule has 0 heterocycles. The van der Waals surface area contributed by atoms with Crippen molar-refractivity contribution in [3.8, 4) is 0 Å². The van der Waals surface area contributed by atoms with E-state index in [2.05, 4.69) is 43.4 Å². The van der Waals surface area contributed by atoms with Gasteiger partial charge in [0.1, 0.15) is 0 Å². The largest absolute Gasteiger partial charge is 0.349 e. The molecule has 1 amide bonds. The van der Waals surface area contributed by atoms with Crippen LogP contribution in [0.4, 0.5) is 0 Å². The summed E-state index contributed by atoms with van der Waals surface area (Å²) in [4.78, 5) is 12.1. The van der Waals surface area contributed by atoms with E-state index in [1.54, 1.807) is 0 Å². The van der Waals surface area contributed by atoms with Crippen molar-refractivity contribution in [3.63, 3.8) is 0 Å². The second kappa shape index (κ2) is 5.85. The standard InChI is InChI=1S/C16H21NO/c1-12-8-6-7-11-15(12)13(2)17-16(18)14-9-4-3-5-10-14/h3-4,6-8,11,13-14H,5,9-10H2,1-2H3,(H,17,18). The number of allylic oxidation sites excluding steroid dienone is 2. The van der Waals surface area contributed by atoms with Crippen LogP contribution in [0.1, 0.15) is 43.4 Å². The van der Waals surface area contributed by atoms with Gasteiger partial charge in [-0.1, -0.05) is 36.4 Å². The van der Waals surface area contributed by atoms with Gasteiger partial charge in [-0.3, -0.25) is 4.79 Å². The van der Waals surface area contributed by atoms with Crippen molar-refractivity contribution in [2.45, 2.75) is 39.2 Å². The van der Waals surface area contributed by atoms with Gasteiger partial charge in [0.2, 0.25) is 5.91 Å². The van der Waals surface area contributed by atoms with Crippen molar-refractivity contribution in [1.82, 2.24) is 5.32 Å². The molecule has 1 aliphatic rings. The molecule has 0 aliphatic heterocycles. The lowest BCUT2D eigenvalue weighted by molar-refractivity contribution is -0.125. The molecule has 1 aliphatic carbocycles. The molecule has 0 aromatic heterocycles. The van der Waals surface area contributed by atoms with Gasteiger partial charge in [0.05, 0.1) is 6.04 Å². The van der Waals surface area contributed by atoms with E-state index in [1.165, 1.54) is 11.1 Å². The molecule has 0 bridgehead atoms. The Morgan fingerprint density at radius 2 is 2.11 bits per heavy atom. The van der Waals surface area contributed by atoms with Gasteiger partial charge in [-0.15, -0.1) is 0 Å². The zero-order valence-corrected chi connectivity index (χ0v) is 11.1. The molecule has 2 unspecified atom stereocenters. The first-order chi connectivity index (χ1) is 8.68. The second-order valence-electron chi connectivity index (χ2n) is 5.07. The summed E-state index contributed by atoms with van der Waals surface area (Å²) in [5.41, 5.74) is 2.44. The maximum absolute atomic E-state index is 12.1. The number of carbonyl (C=O) groups excluding carboxylic acids is 1. The summed E-state index contributed by atoms with van der Waals surface area (Å²) in [5.74, 6) is 0.344. The topological polar surface area (TPSA) is 29.1 Å². The zero-order valence-electron chi connectivity index (χ0n) is 11.1. The first-order valence-corrected chi connectivity index (χ1v) is 6.69. The Hall–Kier alpha value is -1.57. The average Bonchev–Trinajstić information content (AvgIpc) is 2.40. The lowest BCUT2D eigenvalue weighted by Gasteiger charge is -2.22. The fraction of sp³-hybridized carbons (Fsp3) is 0.438. The van der Waals surface area contributed by atoms with Crippen LogP contribution in [0.25, 0.3) is 0 Å². The van der Waals surface area contributed by atoms with E-state index in [0.717, 1.165) is 19.3 Å². The van der Waals surface area contributed by atoms with Gasteiger partial charge in [-0.2, -0.15) is 0 Å². The van der Waals surface area contributed by atoms with Gasteiger partial charge in [0.25, 0.3) is 0 Å². The normalized spacial score (nSPS) is 20.4. The molecule has 96 valence electrons. The Balaban J connectivity index is 1.99. The van der Waals surface area contributed by atoms with Gasteiger partial charge in [0.15, 0.2) is 0 Å². The number of benzene rings is 1. The maximum atomic E-state index is 12.1. The molecule has 1 aromatic carbocycles. The van der Waals surface area contributed by atoms with Crippen molar-refractivity contribution in [2.24, 2.45) is 5.92 Å². The molecular weight excluding hydrogens is 222 g/mol. The zero-order chi connectivity index (χ0) is 13.0. The highest BCUT2D eigenvalue weighted by molar-refractivity contribution is 5.79. The Kier molecular flexibility index (Phi) is 4.19. The van der Waals surface area contributed by atoms with Crippen LogP contribution in [0.2, 0.25) is 0 Å². The predicted molar refractivity (Wildman–Crippen MR) is 74.2 cm³/mol. The SMILES string of the molecule is Cc1ccccc1C(C)NC(=O)C1CC=CCC1. The van der Waals surface area contributed by atoms with Crippen LogP contribution in [-0.4, -0.2) is 5.91 Å². The predicted octanol–water partition coefficient (Wildman–Crippen LogP) is 3.53. The number of carbonyl (C=O) groups is 1. The lowest BCUT2D eigenvalue weighted by atomic mass is 9.93. The van der Waals surface area contributed by atoms with Crippen LogP contribution in [0, 0.1) is 12.8 Å². The minimum absolute atomic E-state index is 0.0876. The third-order valence-corrected chi connectivity index (χ3v) is 3.65. The van der Waals surface area contributed by atoms with E-state index >= 15 is 0 Å². The second-order valence-corrected chi connectivity index (χ2v) is 5.07. The van der Waals surface area contributed by atoms with E-state index in [-0.39, 0.29) is 17.9 Å². The maximum Gasteiger partial charge on any atom is 0.223 e. The smallest absolute Gasteiger partial charge is 0.223 e. The Morgan fingerprint density at radius 1 is 1.33 bits per heavy atom. The van der Waals surface area contributed by atoms with Crippen molar-refractivity contribution in [3.05, 3.63) is 47.5 Å². The summed E-state index contributed by atoms with van der Waals surface area (Å²) in [5, 5.41) is 3.13. The molecule has 2 rings (SSSR count). The molecular formula is C16H21NO. The lowest BCUT2D eigenvalue weighted by Crippen LogP contribution is -2.33. The molecule has 0 saturated heterocycles. The molecule has 0 radical (unpaired) electrons. The summed E-state index contributed by atoms with van der Waals surface area (Å²) >= 11 is 0. The van der Waals surface area contributed by atoms with Crippen LogP contribution in [0.3, 0.4) is 0 Å². The van der Waals surface area contributed by atoms with E-state index in [1.807, 2.05) is 12.1 Å². The first-order valence-electron chi connectivity index (χ1n) is 6.69. The summed E-state index contributed by atoms with van der Waals surface area (Å²) in [7, 11) is 0. The number of aryl methyl sites for hydroxylation is 1. The van der Waals surface area contributed by atoms with E-state index in [4.69, 9.17) is 0 Å². The minimum atomic E-state index is 0.0876.